The molecule has 0 bridgehead atoms. The van der Waals surface area contributed by atoms with E-state index in [0.29, 0.717) is 17.1 Å². The molecule has 0 fully saturated rings. The van der Waals surface area contributed by atoms with E-state index in [0.717, 1.165) is 0 Å². The fourth-order valence-corrected chi connectivity index (χ4v) is 3.22. The summed E-state index contributed by atoms with van der Waals surface area (Å²) < 4.78 is 36.8. The number of esters is 1. The number of aromatic nitrogens is 1. The third kappa shape index (κ3) is 5.39. The summed E-state index contributed by atoms with van der Waals surface area (Å²) in [4.78, 5) is 22.9. The standard InChI is InChI=1S/C16H19N3O6S/c1-10-8-14(18-25-10)9-24-16(21)11(2)19-26(22,23)15-6-4-13(5-7-15)17-12(3)20/h4-8,11,19H,9H2,1-3H3,(H,17,20)/t11-/m0/s1. The Morgan fingerprint density at radius 3 is 2.46 bits per heavy atom. The average molecular weight is 381 g/mol. The summed E-state index contributed by atoms with van der Waals surface area (Å²) in [6.07, 6.45) is 0. The zero-order chi connectivity index (χ0) is 19.3. The largest absolute Gasteiger partial charge is 0.458 e. The predicted molar refractivity (Wildman–Crippen MR) is 91.6 cm³/mol. The minimum atomic E-state index is -3.93. The summed E-state index contributed by atoms with van der Waals surface area (Å²) in [7, 11) is -3.93. The Hall–Kier alpha value is -2.72. The van der Waals surface area contributed by atoms with Gasteiger partial charge in [0.2, 0.25) is 15.9 Å². The van der Waals surface area contributed by atoms with Gasteiger partial charge < -0.3 is 14.6 Å². The Morgan fingerprint density at radius 1 is 1.27 bits per heavy atom. The van der Waals surface area contributed by atoms with Crippen molar-refractivity contribution in [2.75, 3.05) is 5.32 Å². The van der Waals surface area contributed by atoms with Crippen molar-refractivity contribution in [2.45, 2.75) is 38.3 Å². The summed E-state index contributed by atoms with van der Waals surface area (Å²) in [5.41, 5.74) is 0.895. The third-order valence-corrected chi connectivity index (χ3v) is 4.77. The van der Waals surface area contributed by atoms with Crippen LogP contribution in [0.2, 0.25) is 0 Å². The van der Waals surface area contributed by atoms with Gasteiger partial charge in [0.25, 0.3) is 0 Å². The summed E-state index contributed by atoms with van der Waals surface area (Å²) in [6.45, 7) is 4.30. The van der Waals surface area contributed by atoms with E-state index in [2.05, 4.69) is 15.2 Å². The van der Waals surface area contributed by atoms with E-state index in [4.69, 9.17) is 9.26 Å². The molecular formula is C16H19N3O6S. The number of ether oxygens (including phenoxy) is 1. The topological polar surface area (TPSA) is 128 Å². The number of aryl methyl sites for hydroxylation is 1. The van der Waals surface area contributed by atoms with Crippen LogP contribution in [0, 0.1) is 6.92 Å². The van der Waals surface area contributed by atoms with Crippen molar-refractivity contribution < 1.29 is 27.3 Å². The van der Waals surface area contributed by atoms with Crippen molar-refractivity contribution in [3.05, 3.63) is 41.8 Å². The number of sulfonamides is 1. The highest BCUT2D eigenvalue weighted by atomic mass is 32.2. The molecule has 1 atom stereocenters. The van der Waals surface area contributed by atoms with Crippen molar-refractivity contribution in [1.29, 1.82) is 0 Å². The first-order valence-electron chi connectivity index (χ1n) is 7.66. The molecular weight excluding hydrogens is 362 g/mol. The molecule has 0 aliphatic rings. The van der Waals surface area contributed by atoms with Crippen LogP contribution < -0.4 is 10.0 Å². The fourth-order valence-electron chi connectivity index (χ4n) is 2.03. The van der Waals surface area contributed by atoms with Gasteiger partial charge in [-0.2, -0.15) is 4.72 Å². The Labute approximate surface area is 150 Å². The van der Waals surface area contributed by atoms with Crippen molar-refractivity contribution >= 4 is 27.6 Å². The highest BCUT2D eigenvalue weighted by Crippen LogP contribution is 2.14. The van der Waals surface area contributed by atoms with Gasteiger partial charge in [0.15, 0.2) is 0 Å². The quantitative estimate of drug-likeness (QED) is 0.693. The highest BCUT2D eigenvalue weighted by Gasteiger charge is 2.23. The summed E-state index contributed by atoms with van der Waals surface area (Å²) in [5, 5.41) is 6.21. The van der Waals surface area contributed by atoms with Crippen LogP contribution in [0.3, 0.4) is 0 Å². The summed E-state index contributed by atoms with van der Waals surface area (Å²) in [5.74, 6) is -0.436. The molecule has 1 amide bonds. The van der Waals surface area contributed by atoms with Gasteiger partial charge in [-0.3, -0.25) is 9.59 Å². The van der Waals surface area contributed by atoms with Crippen LogP contribution in [0.5, 0.6) is 0 Å². The number of hydrogen-bond donors (Lipinski definition) is 2. The second kappa shape index (κ2) is 8.11. The Bertz CT molecular complexity index is 889. The first kappa shape index (κ1) is 19.6. The Kier molecular flexibility index (Phi) is 6.11. The minimum Gasteiger partial charge on any atom is -0.458 e. The van der Waals surface area contributed by atoms with Crippen LogP contribution >= 0.6 is 0 Å². The highest BCUT2D eigenvalue weighted by molar-refractivity contribution is 7.89. The molecule has 140 valence electrons. The van der Waals surface area contributed by atoms with Crippen LogP contribution in [0.4, 0.5) is 5.69 Å². The van der Waals surface area contributed by atoms with Gasteiger partial charge in [-0.1, -0.05) is 5.16 Å². The van der Waals surface area contributed by atoms with Gasteiger partial charge in [-0.15, -0.1) is 0 Å². The monoisotopic (exact) mass is 381 g/mol. The second-order valence-electron chi connectivity index (χ2n) is 5.59. The van der Waals surface area contributed by atoms with Gasteiger partial charge >= 0.3 is 5.97 Å². The molecule has 1 aromatic carbocycles. The van der Waals surface area contributed by atoms with Crippen LogP contribution in [0.15, 0.2) is 39.8 Å². The number of nitrogens with zero attached hydrogens (tertiary/aromatic N) is 1. The van der Waals surface area contributed by atoms with E-state index in [1.54, 1.807) is 13.0 Å². The smallest absolute Gasteiger partial charge is 0.324 e. The van der Waals surface area contributed by atoms with E-state index in [9.17, 15) is 18.0 Å². The number of rotatable bonds is 7. The maximum Gasteiger partial charge on any atom is 0.324 e. The molecule has 26 heavy (non-hydrogen) atoms. The number of carbonyl (C=O) groups is 2. The van der Waals surface area contributed by atoms with Crippen LogP contribution in [-0.2, 0) is 31.0 Å². The first-order chi connectivity index (χ1) is 12.2. The first-order valence-corrected chi connectivity index (χ1v) is 9.14. The molecule has 2 N–H and O–H groups in total. The van der Waals surface area contributed by atoms with Crippen molar-refractivity contribution in [3.63, 3.8) is 0 Å². The number of benzene rings is 1. The lowest BCUT2D eigenvalue weighted by Gasteiger charge is -2.13. The molecule has 0 unspecified atom stereocenters. The molecule has 2 rings (SSSR count). The normalized spacial score (nSPS) is 12.4. The summed E-state index contributed by atoms with van der Waals surface area (Å²) >= 11 is 0. The van der Waals surface area contributed by atoms with E-state index < -0.39 is 22.0 Å². The molecule has 0 saturated heterocycles. The van der Waals surface area contributed by atoms with E-state index in [-0.39, 0.29) is 17.4 Å². The van der Waals surface area contributed by atoms with Gasteiger partial charge in [0, 0.05) is 18.7 Å². The number of amides is 1. The molecule has 1 heterocycles. The molecule has 0 saturated carbocycles. The predicted octanol–water partition coefficient (Wildman–Crippen LogP) is 1.35. The number of anilines is 1. The van der Waals surface area contributed by atoms with E-state index in [1.165, 1.54) is 38.1 Å². The van der Waals surface area contributed by atoms with Gasteiger partial charge in [-0.25, -0.2) is 8.42 Å². The minimum absolute atomic E-state index is 0.0432. The number of hydrogen-bond acceptors (Lipinski definition) is 7. The molecule has 2 aromatic rings. The van der Waals surface area contributed by atoms with Gasteiger partial charge in [0.1, 0.15) is 24.1 Å². The maximum atomic E-state index is 12.3. The van der Waals surface area contributed by atoms with Crippen molar-refractivity contribution in [1.82, 2.24) is 9.88 Å². The lowest BCUT2D eigenvalue weighted by atomic mass is 10.3. The Morgan fingerprint density at radius 2 is 1.92 bits per heavy atom. The molecule has 0 aliphatic heterocycles. The average Bonchev–Trinajstić information content (AvgIpc) is 2.97. The molecule has 0 aliphatic carbocycles. The molecule has 1 aromatic heterocycles. The fraction of sp³-hybridized carbons (Fsp3) is 0.312. The SMILES string of the molecule is CC(=O)Nc1ccc(S(=O)(=O)N[C@@H](C)C(=O)OCc2cc(C)on2)cc1. The summed E-state index contributed by atoms with van der Waals surface area (Å²) in [6, 6.07) is 6.06. The maximum absolute atomic E-state index is 12.3. The number of carbonyl (C=O) groups excluding carboxylic acids is 2. The zero-order valence-electron chi connectivity index (χ0n) is 14.5. The lowest BCUT2D eigenvalue weighted by Crippen LogP contribution is -2.39. The second-order valence-corrected chi connectivity index (χ2v) is 7.30. The molecule has 0 spiro atoms. The van der Waals surface area contributed by atoms with E-state index in [1.807, 2.05) is 0 Å². The van der Waals surface area contributed by atoms with E-state index >= 15 is 0 Å². The van der Waals surface area contributed by atoms with Crippen LogP contribution in [0.25, 0.3) is 0 Å². The van der Waals surface area contributed by atoms with Crippen molar-refractivity contribution in [2.24, 2.45) is 0 Å². The number of nitrogens with one attached hydrogen (secondary N) is 2. The van der Waals surface area contributed by atoms with Crippen molar-refractivity contribution in [3.8, 4) is 0 Å². The van der Waals surface area contributed by atoms with Gasteiger partial charge in [-0.05, 0) is 38.1 Å². The zero-order valence-corrected chi connectivity index (χ0v) is 15.3. The lowest BCUT2D eigenvalue weighted by molar-refractivity contribution is -0.146. The molecule has 10 heteroatoms. The van der Waals surface area contributed by atoms with Gasteiger partial charge in [0.05, 0.1) is 4.90 Å². The van der Waals surface area contributed by atoms with Crippen LogP contribution in [-0.4, -0.2) is 31.5 Å². The molecule has 0 radical (unpaired) electrons. The van der Waals surface area contributed by atoms with Crippen LogP contribution in [0.1, 0.15) is 25.3 Å². The third-order valence-electron chi connectivity index (χ3n) is 3.21. The Balaban J connectivity index is 1.96. The molecule has 9 nitrogen and oxygen atoms in total.